The van der Waals surface area contributed by atoms with E-state index >= 15 is 0 Å². The Labute approximate surface area is 131 Å². The first-order valence-electron chi connectivity index (χ1n) is 7.08. The second-order valence-corrected chi connectivity index (χ2v) is 6.23. The number of ether oxygens (including phenoxy) is 1. The fraction of sp³-hybridized carbons (Fsp3) is 0.500. The molecule has 3 rings (SSSR count). The van der Waals surface area contributed by atoms with Crippen LogP contribution in [0.3, 0.4) is 0 Å². The monoisotopic (exact) mass is 351 g/mol. The molecule has 2 heterocycles. The maximum Gasteiger partial charge on any atom is 0.183 e. The number of tetrazole rings is 1. The van der Waals surface area contributed by atoms with E-state index < -0.39 is 0 Å². The zero-order valence-electron chi connectivity index (χ0n) is 11.9. The van der Waals surface area contributed by atoms with Gasteiger partial charge in [0, 0.05) is 28.9 Å². The summed E-state index contributed by atoms with van der Waals surface area (Å²) in [5, 5.41) is 12.2. The summed E-state index contributed by atoms with van der Waals surface area (Å²) in [7, 11) is 0. The van der Waals surface area contributed by atoms with Gasteiger partial charge in [-0.1, -0.05) is 15.9 Å². The standard InChI is InChI=1S/C14H18BrN5O/c1-9(10-4-6-21-7-5-10)20-14(17-18-19-20)12-8-11(16)2-3-13(12)15/h2-3,8-10H,4-7,16H2,1H3. The molecule has 6 nitrogen and oxygen atoms in total. The van der Waals surface area contributed by atoms with Gasteiger partial charge in [-0.15, -0.1) is 5.10 Å². The average molecular weight is 352 g/mol. The van der Waals surface area contributed by atoms with Crippen molar-refractivity contribution in [3.8, 4) is 11.4 Å². The van der Waals surface area contributed by atoms with Crippen LogP contribution in [0.4, 0.5) is 5.69 Å². The van der Waals surface area contributed by atoms with Crippen molar-refractivity contribution >= 4 is 21.6 Å². The fourth-order valence-electron chi connectivity index (χ4n) is 2.76. The zero-order chi connectivity index (χ0) is 14.8. The minimum absolute atomic E-state index is 0.229. The molecule has 1 aromatic carbocycles. The third kappa shape index (κ3) is 2.94. The number of benzene rings is 1. The summed E-state index contributed by atoms with van der Waals surface area (Å²) in [5.41, 5.74) is 7.50. The predicted octanol–water partition coefficient (Wildman–Crippen LogP) is 2.67. The van der Waals surface area contributed by atoms with Gasteiger partial charge in [-0.3, -0.25) is 0 Å². The molecule has 0 spiro atoms. The molecule has 0 aliphatic carbocycles. The smallest absolute Gasteiger partial charge is 0.183 e. The van der Waals surface area contributed by atoms with Crippen LogP contribution in [0.1, 0.15) is 25.8 Å². The highest BCUT2D eigenvalue weighted by molar-refractivity contribution is 9.10. The number of nitrogen functional groups attached to an aromatic ring is 1. The summed E-state index contributed by atoms with van der Waals surface area (Å²) in [4.78, 5) is 0. The number of anilines is 1. The van der Waals surface area contributed by atoms with Crippen molar-refractivity contribution in [1.82, 2.24) is 20.2 Å². The molecule has 1 aliphatic rings. The van der Waals surface area contributed by atoms with Crippen LogP contribution in [0.25, 0.3) is 11.4 Å². The summed E-state index contributed by atoms with van der Waals surface area (Å²) in [6, 6.07) is 5.89. The molecule has 1 fully saturated rings. The van der Waals surface area contributed by atoms with E-state index in [9.17, 15) is 0 Å². The van der Waals surface area contributed by atoms with Crippen LogP contribution in [-0.4, -0.2) is 33.4 Å². The van der Waals surface area contributed by atoms with Crippen LogP contribution in [0.15, 0.2) is 22.7 Å². The number of halogens is 1. The number of nitrogens with two attached hydrogens (primary N) is 1. The highest BCUT2D eigenvalue weighted by atomic mass is 79.9. The lowest BCUT2D eigenvalue weighted by Gasteiger charge is -2.28. The molecule has 0 amide bonds. The lowest BCUT2D eigenvalue weighted by Crippen LogP contribution is -2.25. The van der Waals surface area contributed by atoms with Crippen molar-refractivity contribution in [2.75, 3.05) is 18.9 Å². The molecule has 0 saturated carbocycles. The van der Waals surface area contributed by atoms with Crippen LogP contribution < -0.4 is 5.73 Å². The lowest BCUT2D eigenvalue weighted by atomic mass is 9.93. The summed E-state index contributed by atoms with van der Waals surface area (Å²) in [6.45, 7) is 3.79. The third-order valence-corrected chi connectivity index (χ3v) is 4.75. The Bertz CT molecular complexity index is 624. The summed E-state index contributed by atoms with van der Waals surface area (Å²) in [5.74, 6) is 1.27. The van der Waals surface area contributed by atoms with Gasteiger partial charge in [0.05, 0.1) is 6.04 Å². The topological polar surface area (TPSA) is 78.8 Å². The number of aromatic nitrogens is 4. The van der Waals surface area contributed by atoms with E-state index in [1.165, 1.54) is 0 Å². The molecule has 0 bridgehead atoms. The van der Waals surface area contributed by atoms with Crippen LogP contribution in [0, 0.1) is 5.92 Å². The number of nitrogens with zero attached hydrogens (tertiary/aromatic N) is 4. The molecule has 1 unspecified atom stereocenters. The van der Waals surface area contributed by atoms with Crippen molar-refractivity contribution in [3.05, 3.63) is 22.7 Å². The van der Waals surface area contributed by atoms with E-state index in [4.69, 9.17) is 10.5 Å². The highest BCUT2D eigenvalue weighted by Gasteiger charge is 2.25. The second-order valence-electron chi connectivity index (χ2n) is 5.38. The SMILES string of the molecule is CC(C1CCOCC1)n1nnnc1-c1cc(N)ccc1Br. The van der Waals surface area contributed by atoms with Gasteiger partial charge >= 0.3 is 0 Å². The molecule has 21 heavy (non-hydrogen) atoms. The largest absolute Gasteiger partial charge is 0.399 e. The van der Waals surface area contributed by atoms with Crippen LogP contribution >= 0.6 is 15.9 Å². The van der Waals surface area contributed by atoms with Crippen molar-refractivity contribution in [1.29, 1.82) is 0 Å². The van der Waals surface area contributed by atoms with Gasteiger partial charge in [0.25, 0.3) is 0 Å². The van der Waals surface area contributed by atoms with E-state index in [1.807, 2.05) is 22.9 Å². The van der Waals surface area contributed by atoms with Gasteiger partial charge in [0.2, 0.25) is 0 Å². The molecule has 0 radical (unpaired) electrons. The molecule has 1 aliphatic heterocycles. The Morgan fingerprint density at radius 2 is 2.14 bits per heavy atom. The molecule has 7 heteroatoms. The quantitative estimate of drug-likeness (QED) is 0.860. The van der Waals surface area contributed by atoms with E-state index in [1.54, 1.807) is 0 Å². The Kier molecular flexibility index (Phi) is 4.21. The van der Waals surface area contributed by atoms with Gasteiger partial charge in [-0.2, -0.15) is 0 Å². The molecule has 1 saturated heterocycles. The van der Waals surface area contributed by atoms with Crippen molar-refractivity contribution in [3.63, 3.8) is 0 Å². The number of rotatable bonds is 3. The molecule has 1 atom stereocenters. The summed E-state index contributed by atoms with van der Waals surface area (Å²) in [6.07, 6.45) is 2.08. The number of hydrogen-bond acceptors (Lipinski definition) is 5. The molecule has 112 valence electrons. The Morgan fingerprint density at radius 1 is 1.38 bits per heavy atom. The van der Waals surface area contributed by atoms with Crippen molar-refractivity contribution < 1.29 is 4.74 Å². The van der Waals surface area contributed by atoms with Crippen LogP contribution in [-0.2, 0) is 4.74 Å². The first kappa shape index (κ1) is 14.5. The summed E-state index contributed by atoms with van der Waals surface area (Å²) >= 11 is 3.55. The average Bonchev–Trinajstić information content (AvgIpc) is 2.99. The molecular weight excluding hydrogens is 334 g/mol. The first-order chi connectivity index (χ1) is 10.2. The maximum atomic E-state index is 5.89. The normalized spacial score (nSPS) is 17.8. The highest BCUT2D eigenvalue weighted by Crippen LogP contribution is 2.33. The summed E-state index contributed by atoms with van der Waals surface area (Å²) < 4.78 is 8.27. The van der Waals surface area contributed by atoms with Gasteiger partial charge in [0.1, 0.15) is 0 Å². The Balaban J connectivity index is 1.94. The van der Waals surface area contributed by atoms with Crippen LogP contribution in [0.2, 0.25) is 0 Å². The molecular formula is C14H18BrN5O. The minimum Gasteiger partial charge on any atom is -0.399 e. The Hall–Kier alpha value is -1.47. The lowest BCUT2D eigenvalue weighted by molar-refractivity contribution is 0.0495. The van der Waals surface area contributed by atoms with Gasteiger partial charge < -0.3 is 10.5 Å². The Morgan fingerprint density at radius 3 is 2.90 bits per heavy atom. The predicted molar refractivity (Wildman–Crippen MR) is 83.6 cm³/mol. The minimum atomic E-state index is 0.229. The first-order valence-corrected chi connectivity index (χ1v) is 7.87. The van der Waals surface area contributed by atoms with Crippen molar-refractivity contribution in [2.45, 2.75) is 25.8 Å². The van der Waals surface area contributed by atoms with Gasteiger partial charge in [0.15, 0.2) is 5.82 Å². The fourth-order valence-corrected chi connectivity index (χ4v) is 3.18. The van der Waals surface area contributed by atoms with Crippen LogP contribution in [0.5, 0.6) is 0 Å². The number of hydrogen-bond donors (Lipinski definition) is 1. The second kappa shape index (κ2) is 6.11. The third-order valence-electron chi connectivity index (χ3n) is 4.06. The van der Waals surface area contributed by atoms with E-state index in [2.05, 4.69) is 38.4 Å². The maximum absolute atomic E-state index is 5.89. The van der Waals surface area contributed by atoms with E-state index in [-0.39, 0.29) is 6.04 Å². The molecule has 2 aromatic rings. The molecule has 1 aromatic heterocycles. The van der Waals surface area contributed by atoms with Gasteiger partial charge in [-0.25, -0.2) is 4.68 Å². The van der Waals surface area contributed by atoms with E-state index in [0.29, 0.717) is 11.6 Å². The van der Waals surface area contributed by atoms with Crippen molar-refractivity contribution in [2.24, 2.45) is 5.92 Å². The molecule has 2 N–H and O–H groups in total. The van der Waals surface area contributed by atoms with Gasteiger partial charge in [-0.05, 0) is 54.3 Å². The van der Waals surface area contributed by atoms with E-state index in [0.717, 1.165) is 41.9 Å². The zero-order valence-corrected chi connectivity index (χ0v) is 13.5.